The molecule has 1 rings (SSSR count). The molecule has 0 spiro atoms. The first kappa shape index (κ1) is 18.1. The standard InChI is InChI=1S/C14H24N4.HI/c1-3-4-5-6-7-17-14(15)18-11-13-8-12(2)9-16-10-13;/h8-10H,3-7,11H2,1-2H3,(H3,15,17,18);1H. The van der Waals surface area contributed by atoms with Crippen molar-refractivity contribution in [2.24, 2.45) is 10.7 Å². The Labute approximate surface area is 133 Å². The van der Waals surface area contributed by atoms with E-state index in [1.165, 1.54) is 19.3 Å². The van der Waals surface area contributed by atoms with Crippen molar-refractivity contribution >= 4 is 29.9 Å². The molecule has 3 N–H and O–H groups in total. The number of unbranched alkanes of at least 4 members (excludes halogenated alkanes) is 3. The highest BCUT2D eigenvalue weighted by Gasteiger charge is 1.95. The molecule has 1 heterocycles. The summed E-state index contributed by atoms with van der Waals surface area (Å²) < 4.78 is 0. The lowest BCUT2D eigenvalue weighted by Crippen LogP contribution is -2.32. The number of aryl methyl sites for hydroxylation is 1. The molecule has 0 unspecified atom stereocenters. The molecule has 0 amide bonds. The summed E-state index contributed by atoms with van der Waals surface area (Å²) in [4.78, 5) is 8.42. The quantitative estimate of drug-likeness (QED) is 0.333. The minimum absolute atomic E-state index is 0. The third-order valence-corrected chi connectivity index (χ3v) is 2.70. The number of rotatable bonds is 7. The van der Waals surface area contributed by atoms with Crippen LogP contribution >= 0.6 is 24.0 Å². The van der Waals surface area contributed by atoms with Gasteiger partial charge in [0.05, 0.1) is 6.54 Å². The Bertz CT molecular complexity index is 379. The van der Waals surface area contributed by atoms with Gasteiger partial charge in [-0.2, -0.15) is 0 Å². The monoisotopic (exact) mass is 376 g/mol. The second-order valence-corrected chi connectivity index (χ2v) is 4.56. The molecule has 5 heteroatoms. The van der Waals surface area contributed by atoms with Gasteiger partial charge in [-0.1, -0.05) is 32.3 Å². The van der Waals surface area contributed by atoms with E-state index in [4.69, 9.17) is 5.73 Å². The fourth-order valence-corrected chi connectivity index (χ4v) is 1.70. The van der Waals surface area contributed by atoms with Gasteiger partial charge in [-0.05, 0) is 24.5 Å². The predicted octanol–water partition coefficient (Wildman–Crippen LogP) is 2.99. The lowest BCUT2D eigenvalue weighted by molar-refractivity contribution is 0.652. The van der Waals surface area contributed by atoms with Crippen LogP contribution in [0.2, 0.25) is 0 Å². The van der Waals surface area contributed by atoms with Gasteiger partial charge in [0.1, 0.15) is 0 Å². The van der Waals surface area contributed by atoms with E-state index in [9.17, 15) is 0 Å². The number of pyridine rings is 1. The highest BCUT2D eigenvalue weighted by atomic mass is 127. The van der Waals surface area contributed by atoms with Gasteiger partial charge in [-0.25, -0.2) is 4.99 Å². The number of halogens is 1. The molecule has 1 aromatic heterocycles. The van der Waals surface area contributed by atoms with Gasteiger partial charge in [0.25, 0.3) is 0 Å². The van der Waals surface area contributed by atoms with E-state index in [2.05, 4.69) is 28.3 Å². The van der Waals surface area contributed by atoms with Crippen LogP contribution in [0.1, 0.15) is 43.7 Å². The van der Waals surface area contributed by atoms with E-state index >= 15 is 0 Å². The van der Waals surface area contributed by atoms with Crippen molar-refractivity contribution in [2.75, 3.05) is 6.54 Å². The molecule has 108 valence electrons. The van der Waals surface area contributed by atoms with Gasteiger partial charge < -0.3 is 11.1 Å². The normalized spacial score (nSPS) is 10.9. The smallest absolute Gasteiger partial charge is 0.188 e. The van der Waals surface area contributed by atoms with Crippen LogP contribution < -0.4 is 11.1 Å². The molecule has 4 nitrogen and oxygen atoms in total. The van der Waals surface area contributed by atoms with Crippen molar-refractivity contribution in [2.45, 2.75) is 46.1 Å². The maximum absolute atomic E-state index is 5.79. The summed E-state index contributed by atoms with van der Waals surface area (Å²) in [6.07, 6.45) is 8.60. The molecule has 0 radical (unpaired) electrons. The Morgan fingerprint density at radius 3 is 2.79 bits per heavy atom. The fourth-order valence-electron chi connectivity index (χ4n) is 1.70. The van der Waals surface area contributed by atoms with Gasteiger partial charge in [0.15, 0.2) is 5.96 Å². The van der Waals surface area contributed by atoms with Crippen LogP contribution in [0.3, 0.4) is 0 Å². The largest absolute Gasteiger partial charge is 0.370 e. The minimum atomic E-state index is 0. The number of nitrogens with one attached hydrogen (secondary N) is 1. The van der Waals surface area contributed by atoms with E-state index in [1.54, 1.807) is 0 Å². The van der Waals surface area contributed by atoms with Crippen molar-refractivity contribution < 1.29 is 0 Å². The van der Waals surface area contributed by atoms with Gasteiger partial charge in [-0.15, -0.1) is 24.0 Å². The number of aromatic nitrogens is 1. The number of guanidine groups is 1. The van der Waals surface area contributed by atoms with Crippen LogP contribution in [-0.2, 0) is 6.54 Å². The topological polar surface area (TPSA) is 63.3 Å². The van der Waals surface area contributed by atoms with Crippen molar-refractivity contribution in [3.8, 4) is 0 Å². The lowest BCUT2D eigenvalue weighted by Gasteiger charge is -2.05. The van der Waals surface area contributed by atoms with Crippen LogP contribution in [0.15, 0.2) is 23.5 Å². The van der Waals surface area contributed by atoms with Crippen molar-refractivity contribution in [1.82, 2.24) is 10.3 Å². The fraction of sp³-hybridized carbons (Fsp3) is 0.571. The molecule has 0 saturated carbocycles. The Morgan fingerprint density at radius 1 is 1.32 bits per heavy atom. The van der Waals surface area contributed by atoms with Gasteiger partial charge >= 0.3 is 0 Å². The lowest BCUT2D eigenvalue weighted by atomic mass is 10.2. The number of nitrogens with two attached hydrogens (primary N) is 1. The SMILES string of the molecule is CCCCCCNC(N)=NCc1cncc(C)c1.I. The second kappa shape index (κ2) is 11.0. The maximum atomic E-state index is 5.79. The molecule has 0 aromatic carbocycles. The van der Waals surface area contributed by atoms with Gasteiger partial charge in [0, 0.05) is 18.9 Å². The Balaban J connectivity index is 0.00000324. The summed E-state index contributed by atoms with van der Waals surface area (Å²) >= 11 is 0. The third kappa shape index (κ3) is 8.80. The van der Waals surface area contributed by atoms with Gasteiger partial charge in [-0.3, -0.25) is 4.98 Å². The molecule has 0 atom stereocenters. The second-order valence-electron chi connectivity index (χ2n) is 4.56. The van der Waals surface area contributed by atoms with E-state index < -0.39 is 0 Å². The highest BCUT2D eigenvalue weighted by molar-refractivity contribution is 14.0. The zero-order valence-electron chi connectivity index (χ0n) is 11.9. The van der Waals surface area contributed by atoms with Crippen molar-refractivity contribution in [3.05, 3.63) is 29.6 Å². The predicted molar refractivity (Wildman–Crippen MR) is 91.9 cm³/mol. The van der Waals surface area contributed by atoms with Crippen LogP contribution in [0.4, 0.5) is 0 Å². The van der Waals surface area contributed by atoms with Crippen molar-refractivity contribution in [1.29, 1.82) is 0 Å². The van der Waals surface area contributed by atoms with E-state index in [0.29, 0.717) is 12.5 Å². The molecule has 0 aliphatic rings. The van der Waals surface area contributed by atoms with Crippen LogP contribution in [0.5, 0.6) is 0 Å². The highest BCUT2D eigenvalue weighted by Crippen LogP contribution is 2.02. The average Bonchev–Trinajstić information content (AvgIpc) is 2.36. The van der Waals surface area contributed by atoms with E-state index in [-0.39, 0.29) is 24.0 Å². The Morgan fingerprint density at radius 2 is 2.11 bits per heavy atom. The molecule has 0 saturated heterocycles. The molecular weight excluding hydrogens is 351 g/mol. The molecule has 19 heavy (non-hydrogen) atoms. The van der Waals surface area contributed by atoms with Crippen LogP contribution in [-0.4, -0.2) is 17.5 Å². The average molecular weight is 376 g/mol. The summed E-state index contributed by atoms with van der Waals surface area (Å²) in [5.41, 5.74) is 8.03. The molecule has 0 aliphatic heterocycles. The Kier molecular flexibility index (Phi) is 10.5. The summed E-state index contributed by atoms with van der Waals surface area (Å²) in [5.74, 6) is 0.521. The van der Waals surface area contributed by atoms with E-state index in [1.807, 2.05) is 19.3 Å². The summed E-state index contributed by atoms with van der Waals surface area (Å²) in [6.45, 7) is 5.72. The van der Waals surface area contributed by atoms with Crippen LogP contribution in [0.25, 0.3) is 0 Å². The minimum Gasteiger partial charge on any atom is -0.370 e. The molecule has 1 aromatic rings. The summed E-state index contributed by atoms with van der Waals surface area (Å²) in [5, 5.41) is 3.13. The first-order valence-electron chi connectivity index (χ1n) is 6.66. The molecule has 0 aliphatic carbocycles. The Hall–Kier alpha value is -0.850. The number of aliphatic imine (C=N–C) groups is 1. The van der Waals surface area contributed by atoms with Gasteiger partial charge in [0.2, 0.25) is 0 Å². The number of hydrogen-bond donors (Lipinski definition) is 2. The van der Waals surface area contributed by atoms with Crippen LogP contribution in [0, 0.1) is 6.92 Å². The van der Waals surface area contributed by atoms with E-state index in [0.717, 1.165) is 24.1 Å². The molecular formula is C14H25IN4. The third-order valence-electron chi connectivity index (χ3n) is 2.70. The number of hydrogen-bond acceptors (Lipinski definition) is 2. The first-order chi connectivity index (χ1) is 8.72. The first-order valence-corrected chi connectivity index (χ1v) is 6.66. The number of nitrogens with zero attached hydrogens (tertiary/aromatic N) is 2. The molecule has 0 fully saturated rings. The zero-order chi connectivity index (χ0) is 13.2. The zero-order valence-corrected chi connectivity index (χ0v) is 14.2. The molecule has 0 bridgehead atoms. The summed E-state index contributed by atoms with van der Waals surface area (Å²) in [7, 11) is 0. The summed E-state index contributed by atoms with van der Waals surface area (Å²) in [6, 6.07) is 2.07. The maximum Gasteiger partial charge on any atom is 0.188 e. The van der Waals surface area contributed by atoms with Crippen molar-refractivity contribution in [3.63, 3.8) is 0 Å².